The molecule has 0 bridgehead atoms. The van der Waals surface area contributed by atoms with Gasteiger partial charge in [-0.15, -0.1) is 0 Å². The van der Waals surface area contributed by atoms with E-state index in [-0.39, 0.29) is 30.1 Å². The van der Waals surface area contributed by atoms with Crippen molar-refractivity contribution in [1.29, 1.82) is 0 Å². The smallest absolute Gasteiger partial charge is 0.242 e. The predicted molar refractivity (Wildman–Crippen MR) is 139 cm³/mol. The summed E-state index contributed by atoms with van der Waals surface area (Å²) in [4.78, 5) is 35.9. The number of para-hydroxylation sites is 1. The largest absolute Gasteiger partial charge is 0.361 e. The van der Waals surface area contributed by atoms with E-state index in [9.17, 15) is 14.0 Å². The van der Waals surface area contributed by atoms with Crippen molar-refractivity contribution in [3.8, 4) is 0 Å². The first-order valence-corrected chi connectivity index (χ1v) is 13.1. The Kier molecular flexibility index (Phi) is 7.18. The number of H-pyrrole nitrogens is 1. The van der Waals surface area contributed by atoms with Crippen LogP contribution in [0.4, 0.5) is 10.1 Å². The summed E-state index contributed by atoms with van der Waals surface area (Å²) in [6, 6.07) is 14.2. The molecule has 2 aromatic carbocycles. The number of aliphatic imine (C=N–C) groups is 1. The molecule has 2 aliphatic rings. The molecule has 2 heterocycles. The summed E-state index contributed by atoms with van der Waals surface area (Å²) in [7, 11) is 0. The highest BCUT2D eigenvalue weighted by Gasteiger charge is 2.39. The highest BCUT2D eigenvalue weighted by Crippen LogP contribution is 2.33. The van der Waals surface area contributed by atoms with Crippen molar-refractivity contribution in [1.82, 2.24) is 9.88 Å². The molecule has 3 aromatic rings. The SMILES string of the molecule is O=C(C[C@H]1SC(=NC2CCCCC2)N(CCc2c[nH]c3cc(F)ccc23)C1=O)Nc1ccccc1. The highest BCUT2D eigenvalue weighted by atomic mass is 32.2. The number of benzene rings is 2. The second kappa shape index (κ2) is 10.6. The van der Waals surface area contributed by atoms with Gasteiger partial charge in [-0.2, -0.15) is 0 Å². The zero-order valence-electron chi connectivity index (χ0n) is 19.5. The molecule has 1 saturated carbocycles. The van der Waals surface area contributed by atoms with Gasteiger partial charge < -0.3 is 10.3 Å². The van der Waals surface area contributed by atoms with E-state index in [0.29, 0.717) is 13.0 Å². The Hall–Kier alpha value is -3.13. The van der Waals surface area contributed by atoms with Crippen LogP contribution in [0.1, 0.15) is 44.1 Å². The Morgan fingerprint density at radius 3 is 2.74 bits per heavy atom. The Bertz CT molecular complexity index is 1240. The van der Waals surface area contributed by atoms with Gasteiger partial charge in [0.15, 0.2) is 5.17 Å². The van der Waals surface area contributed by atoms with Crippen LogP contribution in [0.25, 0.3) is 10.9 Å². The third-order valence-electron chi connectivity index (χ3n) is 6.65. The van der Waals surface area contributed by atoms with Crippen molar-refractivity contribution < 1.29 is 14.0 Å². The van der Waals surface area contributed by atoms with Crippen molar-refractivity contribution in [3.05, 3.63) is 66.1 Å². The molecule has 8 heteroatoms. The number of amides is 2. The van der Waals surface area contributed by atoms with Gasteiger partial charge in [0.25, 0.3) is 0 Å². The van der Waals surface area contributed by atoms with Crippen LogP contribution in [0.15, 0.2) is 59.7 Å². The standard InChI is InChI=1S/C27H29FN4O2S/c28-19-11-12-22-18(17-29-23(22)15-19)13-14-32-26(34)24(16-25(33)30-20-7-3-1-4-8-20)35-27(32)31-21-9-5-2-6-10-21/h1,3-4,7-8,11-12,15,17,21,24,29H,2,5-6,9-10,13-14,16H2,(H,30,33)/t24-/m1/s1. The second-order valence-electron chi connectivity index (χ2n) is 9.17. The lowest BCUT2D eigenvalue weighted by Gasteiger charge is -2.21. The van der Waals surface area contributed by atoms with E-state index < -0.39 is 5.25 Å². The zero-order valence-corrected chi connectivity index (χ0v) is 20.3. The summed E-state index contributed by atoms with van der Waals surface area (Å²) < 4.78 is 13.6. The summed E-state index contributed by atoms with van der Waals surface area (Å²) in [6.07, 6.45) is 8.23. The number of nitrogens with zero attached hydrogens (tertiary/aromatic N) is 2. The average Bonchev–Trinajstić information content (AvgIpc) is 3.38. The molecular weight excluding hydrogens is 463 g/mol. The minimum absolute atomic E-state index is 0.0707. The minimum atomic E-state index is -0.488. The van der Waals surface area contributed by atoms with Crippen molar-refractivity contribution in [3.63, 3.8) is 0 Å². The number of fused-ring (bicyclic) bond motifs is 1. The van der Waals surface area contributed by atoms with Crippen LogP contribution < -0.4 is 5.32 Å². The molecule has 6 nitrogen and oxygen atoms in total. The summed E-state index contributed by atoms with van der Waals surface area (Å²) >= 11 is 1.41. The van der Waals surface area contributed by atoms with E-state index in [1.165, 1.54) is 30.3 Å². The summed E-state index contributed by atoms with van der Waals surface area (Å²) in [5, 5.41) is 4.08. The van der Waals surface area contributed by atoms with E-state index in [4.69, 9.17) is 4.99 Å². The number of halogens is 1. The lowest BCUT2D eigenvalue weighted by Crippen LogP contribution is -2.35. The maximum atomic E-state index is 13.6. The molecule has 1 aromatic heterocycles. The number of nitrogens with one attached hydrogen (secondary N) is 2. The molecule has 182 valence electrons. The lowest BCUT2D eigenvalue weighted by atomic mass is 9.96. The molecule has 2 N–H and O–H groups in total. The van der Waals surface area contributed by atoms with Crippen LogP contribution in [0.3, 0.4) is 0 Å². The number of carbonyl (C=O) groups excluding carboxylic acids is 2. The van der Waals surface area contributed by atoms with Gasteiger partial charge in [0.05, 0.1) is 6.04 Å². The van der Waals surface area contributed by atoms with Crippen molar-refractivity contribution in [2.45, 2.75) is 56.2 Å². The van der Waals surface area contributed by atoms with Crippen LogP contribution >= 0.6 is 11.8 Å². The fourth-order valence-electron chi connectivity index (χ4n) is 4.81. The first kappa shape index (κ1) is 23.6. The molecule has 35 heavy (non-hydrogen) atoms. The van der Waals surface area contributed by atoms with Crippen LogP contribution in [0.2, 0.25) is 0 Å². The molecule has 0 spiro atoms. The maximum Gasteiger partial charge on any atom is 0.242 e. The van der Waals surface area contributed by atoms with Gasteiger partial charge in [0.1, 0.15) is 11.1 Å². The quantitative estimate of drug-likeness (QED) is 0.457. The topological polar surface area (TPSA) is 77.6 Å². The first-order valence-electron chi connectivity index (χ1n) is 12.2. The molecule has 1 aliphatic heterocycles. The van der Waals surface area contributed by atoms with Crippen molar-refractivity contribution in [2.75, 3.05) is 11.9 Å². The van der Waals surface area contributed by atoms with E-state index in [0.717, 1.165) is 53.0 Å². The molecule has 5 rings (SSSR count). The van der Waals surface area contributed by atoms with Gasteiger partial charge in [0.2, 0.25) is 11.8 Å². The van der Waals surface area contributed by atoms with Crippen molar-refractivity contribution >= 4 is 45.3 Å². The molecule has 0 unspecified atom stereocenters. The van der Waals surface area contributed by atoms with E-state index >= 15 is 0 Å². The third-order valence-corrected chi connectivity index (χ3v) is 7.84. The number of thioether (sulfide) groups is 1. The van der Waals surface area contributed by atoms with Crippen LogP contribution in [0, 0.1) is 5.82 Å². The Balaban J connectivity index is 1.31. The molecule has 1 saturated heterocycles. The van der Waals surface area contributed by atoms with Gasteiger partial charge >= 0.3 is 0 Å². The Morgan fingerprint density at radius 2 is 1.94 bits per heavy atom. The molecule has 2 fully saturated rings. The minimum Gasteiger partial charge on any atom is -0.361 e. The monoisotopic (exact) mass is 492 g/mol. The number of carbonyl (C=O) groups is 2. The summed E-state index contributed by atoms with van der Waals surface area (Å²) in [5.41, 5.74) is 2.49. The Labute approximate surface area is 208 Å². The van der Waals surface area contributed by atoms with Gasteiger partial charge in [0, 0.05) is 35.8 Å². The van der Waals surface area contributed by atoms with Gasteiger partial charge in [-0.3, -0.25) is 19.5 Å². The molecule has 0 radical (unpaired) electrons. The van der Waals surface area contributed by atoms with E-state index in [1.54, 1.807) is 11.0 Å². The predicted octanol–water partition coefficient (Wildman–Crippen LogP) is 5.51. The number of anilines is 1. The first-order chi connectivity index (χ1) is 17.1. The maximum absolute atomic E-state index is 13.6. The highest BCUT2D eigenvalue weighted by molar-refractivity contribution is 8.15. The summed E-state index contributed by atoms with van der Waals surface area (Å²) in [5.74, 6) is -0.534. The molecular formula is C27H29FN4O2S. The number of rotatable bonds is 7. The number of amidine groups is 1. The average molecular weight is 493 g/mol. The normalized spacial score (nSPS) is 20.1. The fraction of sp³-hybridized carbons (Fsp3) is 0.370. The van der Waals surface area contributed by atoms with Crippen LogP contribution in [-0.2, 0) is 16.0 Å². The van der Waals surface area contributed by atoms with Crippen LogP contribution in [0.5, 0.6) is 0 Å². The fourth-order valence-corrected chi connectivity index (χ4v) is 6.05. The van der Waals surface area contributed by atoms with Gasteiger partial charge in [-0.1, -0.05) is 49.2 Å². The third kappa shape index (κ3) is 5.59. The van der Waals surface area contributed by atoms with Gasteiger partial charge in [-0.25, -0.2) is 4.39 Å². The second-order valence-corrected chi connectivity index (χ2v) is 10.3. The summed E-state index contributed by atoms with van der Waals surface area (Å²) in [6.45, 7) is 0.471. The molecule has 1 atom stereocenters. The van der Waals surface area contributed by atoms with E-state index in [2.05, 4.69) is 10.3 Å². The number of hydrogen-bond donors (Lipinski definition) is 2. The number of aromatic nitrogens is 1. The molecule has 2 amide bonds. The van der Waals surface area contributed by atoms with Crippen molar-refractivity contribution in [2.24, 2.45) is 4.99 Å². The van der Waals surface area contributed by atoms with Gasteiger partial charge in [-0.05, 0) is 55.2 Å². The van der Waals surface area contributed by atoms with E-state index in [1.807, 2.05) is 36.5 Å². The Morgan fingerprint density at radius 1 is 1.14 bits per heavy atom. The number of aromatic amines is 1. The molecule has 1 aliphatic carbocycles. The zero-order chi connectivity index (χ0) is 24.2. The lowest BCUT2D eigenvalue weighted by molar-refractivity contribution is -0.128. The number of hydrogen-bond acceptors (Lipinski definition) is 4. The van der Waals surface area contributed by atoms with Crippen LogP contribution in [-0.4, -0.2) is 44.7 Å².